The van der Waals surface area contributed by atoms with Crippen LogP contribution >= 0.6 is 0 Å². The average Bonchev–Trinajstić information content (AvgIpc) is 3.23. The van der Waals surface area contributed by atoms with Gasteiger partial charge in [0.25, 0.3) is 5.56 Å². The number of ether oxygens (including phenoxy) is 1. The van der Waals surface area contributed by atoms with Crippen molar-refractivity contribution in [3.8, 4) is 17.1 Å². The zero-order valence-electron chi connectivity index (χ0n) is 21.2. The van der Waals surface area contributed by atoms with E-state index in [0.29, 0.717) is 68.2 Å². The first-order chi connectivity index (χ1) is 17.3. The second-order valence-electron chi connectivity index (χ2n) is 8.86. The fourth-order valence-electron chi connectivity index (χ4n) is 4.72. The Hall–Kier alpha value is -2.73. The molecule has 10 nitrogen and oxygen atoms in total. The predicted molar refractivity (Wildman–Crippen MR) is 139 cm³/mol. The number of fused-ring (bicyclic) bond motifs is 1. The topological polar surface area (TPSA) is 121 Å². The van der Waals surface area contributed by atoms with Crippen LogP contribution in [0.1, 0.15) is 32.8 Å². The van der Waals surface area contributed by atoms with Crippen LogP contribution in [0.25, 0.3) is 22.4 Å². The van der Waals surface area contributed by atoms with Gasteiger partial charge >= 0.3 is 0 Å². The normalized spacial score (nSPS) is 15.6. The zero-order chi connectivity index (χ0) is 25.9. The van der Waals surface area contributed by atoms with Crippen molar-refractivity contribution in [2.45, 2.75) is 45.1 Å². The Morgan fingerprint density at radius 2 is 1.89 bits per heavy atom. The van der Waals surface area contributed by atoms with Gasteiger partial charge in [0.05, 0.1) is 29.2 Å². The van der Waals surface area contributed by atoms with Crippen LogP contribution in [-0.2, 0) is 23.0 Å². The quantitative estimate of drug-likeness (QED) is 0.422. The zero-order valence-corrected chi connectivity index (χ0v) is 22.0. The van der Waals surface area contributed by atoms with E-state index in [4.69, 9.17) is 14.8 Å². The van der Waals surface area contributed by atoms with Crippen LogP contribution in [0.5, 0.6) is 5.75 Å². The lowest BCUT2D eigenvalue weighted by Crippen LogP contribution is -2.49. The molecular formula is C25H35N5O5S. The lowest BCUT2D eigenvalue weighted by atomic mass is 10.1. The molecule has 1 saturated heterocycles. The number of hydrogen-bond donors (Lipinski definition) is 2. The van der Waals surface area contributed by atoms with E-state index in [0.717, 1.165) is 18.4 Å². The second-order valence-corrected chi connectivity index (χ2v) is 10.8. The maximum absolute atomic E-state index is 13.5. The number of H-pyrrole nitrogens is 1. The second kappa shape index (κ2) is 11.1. The monoisotopic (exact) mass is 517 g/mol. The predicted octanol–water partition coefficient (Wildman–Crippen LogP) is 2.06. The van der Waals surface area contributed by atoms with E-state index in [1.54, 1.807) is 12.1 Å². The summed E-state index contributed by atoms with van der Waals surface area (Å²) in [4.78, 5) is 23.0. The molecule has 36 heavy (non-hydrogen) atoms. The summed E-state index contributed by atoms with van der Waals surface area (Å²) in [6, 6.07) is 4.71. The summed E-state index contributed by atoms with van der Waals surface area (Å²) >= 11 is 0. The maximum atomic E-state index is 13.5. The van der Waals surface area contributed by atoms with Crippen LogP contribution in [0, 0.1) is 0 Å². The molecule has 4 rings (SSSR count). The molecule has 1 aliphatic rings. The number of aliphatic hydroxyl groups is 1. The summed E-state index contributed by atoms with van der Waals surface area (Å²) in [5.41, 5.74) is 2.31. The Morgan fingerprint density at radius 3 is 2.53 bits per heavy atom. The van der Waals surface area contributed by atoms with Crippen LogP contribution in [0.3, 0.4) is 0 Å². The van der Waals surface area contributed by atoms with Crippen molar-refractivity contribution in [3.63, 3.8) is 0 Å². The lowest BCUT2D eigenvalue weighted by Gasteiger charge is -2.33. The van der Waals surface area contributed by atoms with Crippen molar-refractivity contribution >= 4 is 21.1 Å². The van der Waals surface area contributed by atoms with Gasteiger partial charge in [0, 0.05) is 45.5 Å². The molecule has 1 fully saturated rings. The van der Waals surface area contributed by atoms with Crippen LogP contribution in [0.15, 0.2) is 34.1 Å². The van der Waals surface area contributed by atoms with Crippen molar-refractivity contribution in [2.24, 2.45) is 0 Å². The van der Waals surface area contributed by atoms with Crippen molar-refractivity contribution in [1.29, 1.82) is 0 Å². The third-order valence-electron chi connectivity index (χ3n) is 6.55. The highest BCUT2D eigenvalue weighted by Crippen LogP contribution is 2.32. The number of piperazine rings is 1. The molecule has 0 spiro atoms. The number of aromatic nitrogens is 3. The number of sulfonamides is 1. The third-order valence-corrected chi connectivity index (χ3v) is 8.44. The Kier molecular flexibility index (Phi) is 8.13. The number of benzene rings is 1. The molecule has 3 aromatic rings. The van der Waals surface area contributed by atoms with Crippen molar-refractivity contribution < 1.29 is 18.3 Å². The first kappa shape index (κ1) is 26.3. The number of β-amino-alcohol motifs (C(OH)–C–C–N with tert-alkyl or cyclic N) is 1. The standard InChI is InChI=1S/C25H35N5O5S/c1-4-7-18-17-29(5-2)23-22(18)26-24(27-25(23)32)20-16-19(8-9-21(20)35-6-3)36(33,34)30-12-10-28(11-13-30)14-15-31/h8-9,16-17,31H,4-7,10-15H2,1-3H3,(H,26,27,32). The van der Waals surface area contributed by atoms with Crippen LogP contribution in [0.2, 0.25) is 0 Å². The van der Waals surface area contributed by atoms with E-state index in [9.17, 15) is 13.2 Å². The molecule has 1 aliphatic heterocycles. The van der Waals surface area contributed by atoms with Crippen LogP contribution in [-0.4, -0.2) is 83.2 Å². The number of rotatable bonds is 10. The van der Waals surface area contributed by atoms with Gasteiger partial charge in [-0.25, -0.2) is 13.4 Å². The minimum absolute atomic E-state index is 0.0478. The van der Waals surface area contributed by atoms with E-state index in [1.165, 1.54) is 10.4 Å². The van der Waals surface area contributed by atoms with Crippen molar-refractivity contribution in [3.05, 3.63) is 40.3 Å². The molecule has 196 valence electrons. The van der Waals surface area contributed by atoms with E-state index in [1.807, 2.05) is 29.5 Å². The SMILES string of the molecule is CCCc1cn(CC)c2c(=O)[nH]c(-c3cc(S(=O)(=O)N4CCN(CCO)CC4)ccc3OCC)nc12. The number of hydrogen-bond acceptors (Lipinski definition) is 7. The molecule has 1 aromatic carbocycles. The number of nitrogens with zero attached hydrogens (tertiary/aromatic N) is 4. The van der Waals surface area contributed by atoms with Gasteiger partial charge in [0.15, 0.2) is 0 Å². The molecule has 0 amide bonds. The van der Waals surface area contributed by atoms with E-state index in [2.05, 4.69) is 11.9 Å². The maximum Gasteiger partial charge on any atom is 0.275 e. The Bertz CT molecular complexity index is 1370. The first-order valence-electron chi connectivity index (χ1n) is 12.6. The van der Waals surface area contributed by atoms with E-state index >= 15 is 0 Å². The summed E-state index contributed by atoms with van der Waals surface area (Å²) in [7, 11) is -3.77. The highest BCUT2D eigenvalue weighted by molar-refractivity contribution is 7.89. The largest absolute Gasteiger partial charge is 0.493 e. The fraction of sp³-hybridized carbons (Fsp3) is 0.520. The number of aromatic amines is 1. The van der Waals surface area contributed by atoms with Crippen molar-refractivity contribution in [1.82, 2.24) is 23.7 Å². The molecule has 11 heteroatoms. The molecule has 0 unspecified atom stereocenters. The van der Waals surface area contributed by atoms with Gasteiger partial charge in [0.2, 0.25) is 10.0 Å². The van der Waals surface area contributed by atoms with Crippen LogP contribution in [0.4, 0.5) is 0 Å². The highest BCUT2D eigenvalue weighted by Gasteiger charge is 2.29. The molecule has 0 aliphatic carbocycles. The number of nitrogens with one attached hydrogen (secondary N) is 1. The summed E-state index contributed by atoms with van der Waals surface area (Å²) in [5, 5.41) is 9.16. The minimum atomic E-state index is -3.77. The fourth-order valence-corrected chi connectivity index (χ4v) is 6.17. The molecular weight excluding hydrogens is 482 g/mol. The van der Waals surface area contributed by atoms with Crippen LogP contribution < -0.4 is 10.3 Å². The first-order valence-corrected chi connectivity index (χ1v) is 14.0. The number of aryl methyl sites for hydroxylation is 2. The Balaban J connectivity index is 1.79. The van der Waals surface area contributed by atoms with E-state index in [-0.39, 0.29) is 22.9 Å². The molecule has 0 saturated carbocycles. The van der Waals surface area contributed by atoms with E-state index < -0.39 is 10.0 Å². The summed E-state index contributed by atoms with van der Waals surface area (Å²) in [5.74, 6) is 0.741. The molecule has 3 heterocycles. The highest BCUT2D eigenvalue weighted by atomic mass is 32.2. The third kappa shape index (κ3) is 5.06. The molecule has 2 aromatic heterocycles. The van der Waals surface area contributed by atoms with Gasteiger partial charge in [-0.1, -0.05) is 13.3 Å². The summed E-state index contributed by atoms with van der Waals surface area (Å²) in [6.07, 6.45) is 3.67. The molecule has 0 bridgehead atoms. The number of aliphatic hydroxyl groups excluding tert-OH is 1. The lowest BCUT2D eigenvalue weighted by molar-refractivity contribution is 0.151. The van der Waals surface area contributed by atoms with Gasteiger partial charge in [0.1, 0.15) is 17.1 Å². The van der Waals surface area contributed by atoms with Crippen molar-refractivity contribution in [2.75, 3.05) is 45.9 Å². The Labute approximate surface area is 211 Å². The molecule has 0 atom stereocenters. The average molecular weight is 518 g/mol. The van der Waals surface area contributed by atoms with Gasteiger partial charge in [-0.05, 0) is 44.0 Å². The van der Waals surface area contributed by atoms with Gasteiger partial charge in [-0.3, -0.25) is 9.69 Å². The van der Waals surface area contributed by atoms with Gasteiger partial charge in [-0.15, -0.1) is 0 Å². The molecule has 0 radical (unpaired) electrons. The summed E-state index contributed by atoms with van der Waals surface area (Å²) < 4.78 is 36.1. The minimum Gasteiger partial charge on any atom is -0.493 e. The van der Waals surface area contributed by atoms with Gasteiger partial charge < -0.3 is 19.4 Å². The smallest absolute Gasteiger partial charge is 0.275 e. The van der Waals surface area contributed by atoms with Gasteiger partial charge in [-0.2, -0.15) is 4.31 Å². The molecule has 2 N–H and O–H groups in total. The Morgan fingerprint density at radius 1 is 1.14 bits per heavy atom. The summed E-state index contributed by atoms with van der Waals surface area (Å²) in [6.45, 7) is 9.32.